The van der Waals surface area contributed by atoms with E-state index in [2.05, 4.69) is 70.0 Å². The molecule has 2 unspecified atom stereocenters. The van der Waals surface area contributed by atoms with Gasteiger partial charge in [-0.05, 0) is 38.5 Å². The van der Waals surface area contributed by atoms with E-state index in [1.54, 1.807) is 0 Å². The maximum Gasteiger partial charge on any atom is 0.485 e. The molecular weight excluding hydrogens is 467 g/mol. The van der Waals surface area contributed by atoms with Gasteiger partial charge in [-0.2, -0.15) is 13.2 Å². The molecule has 0 aliphatic carbocycles. The Kier molecular flexibility index (Phi) is 18.9. The molecule has 0 aliphatic rings. The zero-order valence-electron chi connectivity index (χ0n) is 22.7. The van der Waals surface area contributed by atoms with E-state index in [-0.39, 0.29) is 0 Å². The molecule has 0 aliphatic heterocycles. The molecule has 0 heterocycles. The molecule has 0 amide bonds. The number of hydrogen-bond donors (Lipinski definition) is 0. The molecule has 0 saturated heterocycles. The molecule has 10 heteroatoms. The maximum absolute atomic E-state index is 10.7. The fourth-order valence-corrected chi connectivity index (χ4v) is 3.97. The van der Waals surface area contributed by atoms with Gasteiger partial charge < -0.3 is 4.55 Å². The summed E-state index contributed by atoms with van der Waals surface area (Å²) in [5.41, 5.74) is -5.65. The minimum Gasteiger partial charge on any atom is -0.741 e. The van der Waals surface area contributed by atoms with Crippen LogP contribution < -0.4 is 0 Å². The fourth-order valence-electron chi connectivity index (χ4n) is 3.97. The molecule has 0 saturated carbocycles. The molecular formula is C24H50F3N3O3S. The Morgan fingerprint density at radius 1 is 0.824 bits per heavy atom. The second kappa shape index (κ2) is 18.3. The van der Waals surface area contributed by atoms with E-state index in [1.807, 2.05) is 0 Å². The van der Waals surface area contributed by atoms with E-state index in [4.69, 9.17) is 13.0 Å². The first kappa shape index (κ1) is 35.1. The van der Waals surface area contributed by atoms with Crippen LogP contribution in [-0.2, 0) is 10.1 Å². The van der Waals surface area contributed by atoms with E-state index < -0.39 is 15.6 Å². The molecule has 34 heavy (non-hydrogen) atoms. The van der Waals surface area contributed by atoms with Crippen molar-refractivity contribution in [1.29, 1.82) is 0 Å². The number of halogens is 3. The summed E-state index contributed by atoms with van der Waals surface area (Å²) >= 11 is 0. The van der Waals surface area contributed by atoms with Crippen molar-refractivity contribution in [2.45, 2.75) is 98.4 Å². The van der Waals surface area contributed by atoms with Gasteiger partial charge in [-0.15, -0.1) is 0 Å². The summed E-state index contributed by atoms with van der Waals surface area (Å²) in [5.74, 6) is 3.05. The van der Waals surface area contributed by atoms with Crippen molar-refractivity contribution >= 4 is 16.1 Å². The minimum absolute atomic E-state index is 0.809. The van der Waals surface area contributed by atoms with Crippen LogP contribution >= 0.6 is 0 Å². The van der Waals surface area contributed by atoms with Gasteiger partial charge in [-0.3, -0.25) is 14.4 Å². The van der Waals surface area contributed by atoms with Crippen LogP contribution in [0.5, 0.6) is 0 Å². The van der Waals surface area contributed by atoms with E-state index in [1.165, 1.54) is 70.4 Å². The third-order valence-electron chi connectivity index (χ3n) is 6.06. The quantitative estimate of drug-likeness (QED) is 0.0966. The molecule has 206 valence electrons. The van der Waals surface area contributed by atoms with Crippen molar-refractivity contribution in [2.24, 2.45) is 11.8 Å². The zero-order chi connectivity index (χ0) is 26.9. The SMILES string of the molecule is CCCCC(CC)CN(CC(CC)CCCC)C(N(CC)CC)=[N+](C)C.O=S(=O)([O-])C(F)(F)F. The van der Waals surface area contributed by atoms with Crippen molar-refractivity contribution < 1.29 is 30.7 Å². The normalized spacial score (nSPS) is 13.5. The van der Waals surface area contributed by atoms with Crippen LogP contribution in [-0.4, -0.2) is 79.1 Å². The van der Waals surface area contributed by atoms with Gasteiger partial charge in [0, 0.05) is 0 Å². The zero-order valence-corrected chi connectivity index (χ0v) is 23.6. The van der Waals surface area contributed by atoms with Crippen LogP contribution in [0.1, 0.15) is 92.9 Å². The van der Waals surface area contributed by atoms with Gasteiger partial charge in [0.05, 0.1) is 40.3 Å². The van der Waals surface area contributed by atoms with E-state index >= 15 is 0 Å². The second-order valence-corrected chi connectivity index (χ2v) is 10.4. The number of alkyl halides is 3. The minimum atomic E-state index is -6.09. The van der Waals surface area contributed by atoms with Crippen molar-refractivity contribution in [3.05, 3.63) is 0 Å². The fraction of sp³-hybridized carbons (Fsp3) is 0.958. The van der Waals surface area contributed by atoms with E-state index in [0.717, 1.165) is 24.9 Å². The molecule has 0 N–H and O–H groups in total. The Morgan fingerprint density at radius 3 is 1.38 bits per heavy atom. The summed E-state index contributed by atoms with van der Waals surface area (Å²) in [6, 6.07) is 0. The highest BCUT2D eigenvalue weighted by Gasteiger charge is 2.37. The Morgan fingerprint density at radius 2 is 1.18 bits per heavy atom. The molecule has 2 atom stereocenters. The monoisotopic (exact) mass is 517 g/mol. The average molecular weight is 518 g/mol. The summed E-state index contributed by atoms with van der Waals surface area (Å²) < 4.78 is 61.3. The second-order valence-electron chi connectivity index (χ2n) is 9.00. The summed E-state index contributed by atoms with van der Waals surface area (Å²) in [4.78, 5) is 5.28. The third-order valence-corrected chi connectivity index (χ3v) is 6.62. The van der Waals surface area contributed by atoms with Crippen LogP contribution in [0.15, 0.2) is 0 Å². The number of unbranched alkanes of at least 4 members (excludes halogenated alkanes) is 2. The Hall–Kier alpha value is -1.03. The van der Waals surface area contributed by atoms with Crippen LogP contribution in [0.25, 0.3) is 0 Å². The van der Waals surface area contributed by atoms with Gasteiger partial charge in [-0.1, -0.05) is 66.2 Å². The van der Waals surface area contributed by atoms with E-state index in [0.29, 0.717) is 0 Å². The molecule has 0 aromatic heterocycles. The Labute approximate surface area is 207 Å². The molecule has 0 aromatic rings. The predicted octanol–water partition coefficient (Wildman–Crippen LogP) is 5.74. The molecule has 0 fully saturated rings. The highest BCUT2D eigenvalue weighted by atomic mass is 32.2. The first-order valence-corrected chi connectivity index (χ1v) is 14.2. The van der Waals surface area contributed by atoms with Gasteiger partial charge in [0.2, 0.25) is 0 Å². The van der Waals surface area contributed by atoms with Crippen LogP contribution in [0, 0.1) is 11.8 Å². The summed E-state index contributed by atoms with van der Waals surface area (Å²) in [6.07, 6.45) is 10.7. The Balaban J connectivity index is 0. The Bertz CT molecular complexity index is 630. The predicted molar refractivity (Wildman–Crippen MR) is 134 cm³/mol. The highest BCUT2D eigenvalue weighted by molar-refractivity contribution is 7.86. The number of nitrogens with zero attached hydrogens (tertiary/aromatic N) is 3. The van der Waals surface area contributed by atoms with Gasteiger partial charge in [0.25, 0.3) is 0 Å². The van der Waals surface area contributed by atoms with Crippen LogP contribution in [0.3, 0.4) is 0 Å². The van der Waals surface area contributed by atoms with Crippen molar-refractivity contribution in [3.8, 4) is 0 Å². The van der Waals surface area contributed by atoms with Gasteiger partial charge in [-0.25, -0.2) is 8.42 Å². The number of hydrogen-bond acceptors (Lipinski definition) is 3. The summed E-state index contributed by atoms with van der Waals surface area (Å²) in [5, 5.41) is 0. The maximum atomic E-state index is 10.7. The lowest BCUT2D eigenvalue weighted by Crippen LogP contribution is -2.51. The molecule has 0 rings (SSSR count). The number of rotatable bonds is 14. The van der Waals surface area contributed by atoms with Crippen molar-refractivity contribution in [2.75, 3.05) is 40.3 Å². The summed E-state index contributed by atoms with van der Waals surface area (Å²) in [7, 11) is -1.64. The van der Waals surface area contributed by atoms with Gasteiger partial charge in [0.15, 0.2) is 10.1 Å². The topological polar surface area (TPSA) is 66.7 Å². The first-order valence-electron chi connectivity index (χ1n) is 12.8. The lowest BCUT2D eigenvalue weighted by atomic mass is 9.96. The van der Waals surface area contributed by atoms with Gasteiger partial charge >= 0.3 is 11.5 Å². The highest BCUT2D eigenvalue weighted by Crippen LogP contribution is 2.21. The first-order chi connectivity index (χ1) is 15.7. The molecule has 6 nitrogen and oxygen atoms in total. The lowest BCUT2D eigenvalue weighted by Gasteiger charge is -2.32. The lowest BCUT2D eigenvalue weighted by molar-refractivity contribution is -0.476. The van der Waals surface area contributed by atoms with Crippen molar-refractivity contribution in [3.63, 3.8) is 0 Å². The standard InChI is InChI=1S/C23H50N3.CHF3O3S/c1-9-15-17-21(11-3)19-26(20-22(12-4)18-16-10-2)23(24(7)8)25(13-5)14-6;2-1(3,4)8(5,6)7/h21-22H,9-20H2,1-8H3;(H,5,6,7)/q+1;/p-1. The molecule has 0 radical (unpaired) electrons. The largest absolute Gasteiger partial charge is 0.741 e. The third kappa shape index (κ3) is 14.4. The van der Waals surface area contributed by atoms with Gasteiger partial charge in [0.1, 0.15) is 0 Å². The van der Waals surface area contributed by atoms with Crippen LogP contribution in [0.4, 0.5) is 13.2 Å². The number of guanidine groups is 1. The smallest absolute Gasteiger partial charge is 0.485 e. The molecule has 0 aromatic carbocycles. The summed E-state index contributed by atoms with van der Waals surface area (Å²) in [6.45, 7) is 18.5. The van der Waals surface area contributed by atoms with Crippen LogP contribution in [0.2, 0.25) is 0 Å². The molecule has 0 spiro atoms. The van der Waals surface area contributed by atoms with Crippen molar-refractivity contribution in [1.82, 2.24) is 9.80 Å². The molecule has 0 bridgehead atoms. The van der Waals surface area contributed by atoms with E-state index in [9.17, 15) is 13.2 Å². The average Bonchev–Trinajstić information content (AvgIpc) is 2.75.